The summed E-state index contributed by atoms with van der Waals surface area (Å²) in [6, 6.07) is 11.6. The number of aromatic hydroxyl groups is 1. The van der Waals surface area contributed by atoms with Gasteiger partial charge in [0.05, 0.1) is 11.9 Å². The molecule has 0 radical (unpaired) electrons. The zero-order valence-corrected chi connectivity index (χ0v) is 9.16. The summed E-state index contributed by atoms with van der Waals surface area (Å²) in [4.78, 5) is 5.38. The molecule has 1 aromatic carbocycles. The van der Waals surface area contributed by atoms with Gasteiger partial charge in [0.25, 0.3) is 0 Å². The van der Waals surface area contributed by atoms with E-state index in [0.717, 1.165) is 11.3 Å². The van der Waals surface area contributed by atoms with Crippen LogP contribution in [0.5, 0.6) is 5.75 Å². The van der Waals surface area contributed by atoms with E-state index >= 15 is 0 Å². The topological polar surface area (TPSA) is 33.1 Å². The van der Waals surface area contributed by atoms with Crippen LogP contribution in [0.1, 0.15) is 0 Å². The quantitative estimate of drug-likeness (QED) is 0.784. The molecule has 1 N–H and O–H groups in total. The largest absolute Gasteiger partial charge is 0.506 e. The Bertz CT molecular complexity index is 436. The van der Waals surface area contributed by atoms with Crippen LogP contribution in [0.4, 0.5) is 0 Å². The van der Waals surface area contributed by atoms with Crippen molar-refractivity contribution in [2.24, 2.45) is 0 Å². The van der Waals surface area contributed by atoms with E-state index in [0.29, 0.717) is 0 Å². The zero-order valence-electron chi connectivity index (χ0n) is 8.34. The van der Waals surface area contributed by atoms with E-state index in [4.69, 9.17) is 5.11 Å². The molecule has 2 rings (SSSR count). The Labute approximate surface area is 93.0 Å². The summed E-state index contributed by atoms with van der Waals surface area (Å²) in [6.07, 6.45) is 3.51. The maximum atomic E-state index is 9.12. The van der Waals surface area contributed by atoms with Gasteiger partial charge in [-0.15, -0.1) is 11.8 Å². The lowest BCUT2D eigenvalue weighted by Gasteiger charge is -2.01. The van der Waals surface area contributed by atoms with E-state index in [1.807, 2.05) is 24.5 Å². The van der Waals surface area contributed by atoms with Gasteiger partial charge in [0.2, 0.25) is 0 Å². The van der Waals surface area contributed by atoms with Crippen molar-refractivity contribution in [3.63, 3.8) is 0 Å². The second-order valence-corrected chi connectivity index (χ2v) is 4.01. The van der Waals surface area contributed by atoms with Gasteiger partial charge >= 0.3 is 0 Å². The molecule has 0 unspecified atom stereocenters. The number of nitrogens with zero attached hydrogens (tertiary/aromatic N) is 1. The lowest BCUT2D eigenvalue weighted by atomic mass is 10.1. The van der Waals surface area contributed by atoms with E-state index < -0.39 is 0 Å². The van der Waals surface area contributed by atoms with Gasteiger partial charge < -0.3 is 5.11 Å². The number of hydrogen-bond donors (Lipinski definition) is 1. The van der Waals surface area contributed by atoms with E-state index in [-0.39, 0.29) is 5.75 Å². The molecule has 15 heavy (non-hydrogen) atoms. The van der Waals surface area contributed by atoms with E-state index in [2.05, 4.69) is 17.1 Å². The summed E-state index contributed by atoms with van der Waals surface area (Å²) >= 11 is 1.71. The van der Waals surface area contributed by atoms with Gasteiger partial charge in [-0.25, -0.2) is 0 Å². The van der Waals surface area contributed by atoms with Crippen molar-refractivity contribution in [1.29, 1.82) is 0 Å². The van der Waals surface area contributed by atoms with Crippen molar-refractivity contribution in [2.45, 2.75) is 4.90 Å². The van der Waals surface area contributed by atoms with Crippen molar-refractivity contribution >= 4 is 11.8 Å². The molecule has 2 nitrogen and oxygen atoms in total. The van der Waals surface area contributed by atoms with Gasteiger partial charge in [-0.3, -0.25) is 4.98 Å². The van der Waals surface area contributed by atoms with Crippen LogP contribution in [0, 0.1) is 0 Å². The van der Waals surface area contributed by atoms with Gasteiger partial charge in [0, 0.05) is 10.5 Å². The molecule has 76 valence electrons. The van der Waals surface area contributed by atoms with Crippen LogP contribution < -0.4 is 0 Å². The Balaban J connectivity index is 2.33. The Morgan fingerprint density at radius 2 is 1.80 bits per heavy atom. The van der Waals surface area contributed by atoms with Crippen molar-refractivity contribution in [1.82, 2.24) is 4.98 Å². The summed E-state index contributed by atoms with van der Waals surface area (Å²) in [6.45, 7) is 0. The Morgan fingerprint density at radius 3 is 2.33 bits per heavy atom. The van der Waals surface area contributed by atoms with Crippen LogP contribution in [-0.2, 0) is 0 Å². The Kier molecular flexibility index (Phi) is 2.92. The molecule has 0 aliphatic heterocycles. The van der Waals surface area contributed by atoms with Crippen LogP contribution in [0.25, 0.3) is 11.3 Å². The van der Waals surface area contributed by atoms with Crippen LogP contribution in [0.15, 0.2) is 47.5 Å². The van der Waals surface area contributed by atoms with Crippen LogP contribution in [0.2, 0.25) is 0 Å². The highest BCUT2D eigenvalue weighted by Gasteiger charge is 1.98. The van der Waals surface area contributed by atoms with Crippen LogP contribution in [0.3, 0.4) is 0 Å². The fourth-order valence-electron chi connectivity index (χ4n) is 1.32. The maximum Gasteiger partial charge on any atom is 0.133 e. The average molecular weight is 217 g/mol. The number of benzene rings is 1. The predicted molar refractivity (Wildman–Crippen MR) is 63.1 cm³/mol. The molecule has 1 heterocycles. The Morgan fingerprint density at radius 1 is 1.07 bits per heavy atom. The minimum absolute atomic E-state index is 0.194. The van der Waals surface area contributed by atoms with E-state index in [9.17, 15) is 0 Å². The van der Waals surface area contributed by atoms with E-state index in [1.54, 1.807) is 17.8 Å². The van der Waals surface area contributed by atoms with Gasteiger partial charge in [-0.1, -0.05) is 12.1 Å². The first-order valence-corrected chi connectivity index (χ1v) is 5.81. The minimum atomic E-state index is 0.194. The molecular formula is C12H11NOS. The Hall–Kier alpha value is -1.48. The van der Waals surface area contributed by atoms with Crippen molar-refractivity contribution < 1.29 is 5.11 Å². The van der Waals surface area contributed by atoms with Crippen LogP contribution >= 0.6 is 11.8 Å². The molecule has 2 aromatic rings. The smallest absolute Gasteiger partial charge is 0.133 e. The molecule has 1 aromatic heterocycles. The third-order valence-electron chi connectivity index (χ3n) is 2.13. The standard InChI is InChI=1S/C12H11NOS/c1-15-11-5-2-9(3-6-11)12-7-4-10(14)8-13-12/h2-8,14H,1H3. The predicted octanol–water partition coefficient (Wildman–Crippen LogP) is 3.18. The third kappa shape index (κ3) is 2.30. The van der Waals surface area contributed by atoms with Gasteiger partial charge in [-0.05, 0) is 30.5 Å². The SMILES string of the molecule is CSc1ccc(-c2ccc(O)cn2)cc1. The summed E-state index contributed by atoms with van der Waals surface area (Å²) in [5.41, 5.74) is 1.94. The summed E-state index contributed by atoms with van der Waals surface area (Å²) in [5, 5.41) is 9.12. The lowest BCUT2D eigenvalue weighted by molar-refractivity contribution is 0.473. The first-order chi connectivity index (χ1) is 7.29. The number of pyridine rings is 1. The first kappa shape index (κ1) is 10.1. The van der Waals surface area contributed by atoms with Crippen LogP contribution in [-0.4, -0.2) is 16.3 Å². The van der Waals surface area contributed by atoms with Gasteiger partial charge in [-0.2, -0.15) is 0 Å². The molecule has 0 fully saturated rings. The number of hydrogen-bond acceptors (Lipinski definition) is 3. The number of thioether (sulfide) groups is 1. The summed E-state index contributed by atoms with van der Waals surface area (Å²) in [7, 11) is 0. The molecular weight excluding hydrogens is 206 g/mol. The van der Waals surface area contributed by atoms with Gasteiger partial charge in [0.1, 0.15) is 5.75 Å². The van der Waals surface area contributed by atoms with Crippen molar-refractivity contribution in [2.75, 3.05) is 6.26 Å². The molecule has 0 bridgehead atoms. The average Bonchev–Trinajstić information content (AvgIpc) is 2.30. The molecule has 0 spiro atoms. The second-order valence-electron chi connectivity index (χ2n) is 3.13. The summed E-state index contributed by atoms with van der Waals surface area (Å²) < 4.78 is 0. The molecule has 0 aliphatic rings. The second kappa shape index (κ2) is 4.36. The number of rotatable bonds is 2. The highest BCUT2D eigenvalue weighted by atomic mass is 32.2. The zero-order chi connectivity index (χ0) is 10.7. The third-order valence-corrected chi connectivity index (χ3v) is 2.88. The number of aromatic nitrogens is 1. The highest BCUT2D eigenvalue weighted by Crippen LogP contribution is 2.22. The fourth-order valence-corrected chi connectivity index (χ4v) is 1.73. The highest BCUT2D eigenvalue weighted by molar-refractivity contribution is 7.98. The normalized spacial score (nSPS) is 10.2. The lowest BCUT2D eigenvalue weighted by Crippen LogP contribution is -1.82. The molecule has 0 aliphatic carbocycles. The maximum absolute atomic E-state index is 9.12. The van der Waals surface area contributed by atoms with Gasteiger partial charge in [0.15, 0.2) is 0 Å². The van der Waals surface area contributed by atoms with Crippen molar-refractivity contribution in [3.05, 3.63) is 42.6 Å². The van der Waals surface area contributed by atoms with E-state index in [1.165, 1.54) is 11.1 Å². The monoisotopic (exact) mass is 217 g/mol. The fraction of sp³-hybridized carbons (Fsp3) is 0.0833. The summed E-state index contributed by atoms with van der Waals surface area (Å²) in [5.74, 6) is 0.194. The molecule has 0 saturated carbocycles. The van der Waals surface area contributed by atoms with Crippen molar-refractivity contribution in [3.8, 4) is 17.0 Å². The first-order valence-electron chi connectivity index (χ1n) is 4.59. The molecule has 3 heteroatoms. The molecule has 0 atom stereocenters. The molecule has 0 amide bonds. The molecule has 0 saturated heterocycles. The minimum Gasteiger partial charge on any atom is -0.506 e.